The molecule has 0 aromatic heterocycles. The van der Waals surface area contributed by atoms with E-state index in [4.69, 9.17) is 21.1 Å². The van der Waals surface area contributed by atoms with Crippen LogP contribution in [0.5, 0.6) is 11.5 Å². The molecule has 6 heteroatoms. The zero-order valence-electron chi connectivity index (χ0n) is 14.6. The Morgan fingerprint density at radius 1 is 0.963 bits per heavy atom. The number of halogens is 3. The summed E-state index contributed by atoms with van der Waals surface area (Å²) in [5, 5.41) is 3.52. The number of methoxy groups -OCH3 is 1. The summed E-state index contributed by atoms with van der Waals surface area (Å²) in [6.07, 6.45) is 0. The van der Waals surface area contributed by atoms with Crippen molar-refractivity contribution in [1.29, 1.82) is 0 Å². The Kier molecular flexibility index (Phi) is 6.14. The molecule has 140 valence electrons. The predicted molar refractivity (Wildman–Crippen MR) is 102 cm³/mol. The van der Waals surface area contributed by atoms with Crippen LogP contribution in [0.4, 0.5) is 14.5 Å². The first-order valence-corrected chi connectivity index (χ1v) is 8.66. The maximum atomic E-state index is 13.9. The van der Waals surface area contributed by atoms with E-state index in [0.29, 0.717) is 28.6 Å². The van der Waals surface area contributed by atoms with E-state index >= 15 is 0 Å². The van der Waals surface area contributed by atoms with Crippen LogP contribution in [0.1, 0.15) is 11.1 Å². The highest BCUT2D eigenvalue weighted by atomic mass is 35.5. The Bertz CT molecular complexity index is 896. The Morgan fingerprint density at radius 2 is 1.74 bits per heavy atom. The fourth-order valence-corrected chi connectivity index (χ4v) is 2.75. The molecule has 0 fully saturated rings. The van der Waals surface area contributed by atoms with Crippen LogP contribution in [0.2, 0.25) is 5.02 Å². The van der Waals surface area contributed by atoms with Gasteiger partial charge in [0.25, 0.3) is 0 Å². The van der Waals surface area contributed by atoms with E-state index in [2.05, 4.69) is 5.32 Å². The third-order valence-electron chi connectivity index (χ3n) is 4.00. The van der Waals surface area contributed by atoms with Crippen molar-refractivity contribution in [2.24, 2.45) is 0 Å². The van der Waals surface area contributed by atoms with Crippen LogP contribution in [0, 0.1) is 11.6 Å². The molecule has 0 atom stereocenters. The average molecular weight is 390 g/mol. The monoisotopic (exact) mass is 389 g/mol. The van der Waals surface area contributed by atoms with Gasteiger partial charge in [-0.3, -0.25) is 0 Å². The number of anilines is 1. The third kappa shape index (κ3) is 4.89. The topological polar surface area (TPSA) is 30.5 Å². The molecule has 0 aliphatic carbocycles. The molecule has 0 spiro atoms. The van der Waals surface area contributed by atoms with Crippen molar-refractivity contribution >= 4 is 17.3 Å². The van der Waals surface area contributed by atoms with Crippen molar-refractivity contribution in [2.45, 2.75) is 13.2 Å². The van der Waals surface area contributed by atoms with Crippen molar-refractivity contribution in [2.75, 3.05) is 12.4 Å². The molecule has 3 rings (SSSR count). The summed E-state index contributed by atoms with van der Waals surface area (Å²) < 4.78 is 37.9. The Morgan fingerprint density at radius 3 is 2.44 bits per heavy atom. The van der Waals surface area contributed by atoms with Crippen LogP contribution < -0.4 is 14.8 Å². The molecule has 0 unspecified atom stereocenters. The summed E-state index contributed by atoms with van der Waals surface area (Å²) in [6, 6.07) is 16.1. The minimum atomic E-state index is -0.415. The molecule has 3 aromatic rings. The van der Waals surface area contributed by atoms with E-state index in [9.17, 15) is 8.78 Å². The smallest absolute Gasteiger partial charge is 0.161 e. The first-order chi connectivity index (χ1) is 13.1. The van der Waals surface area contributed by atoms with Gasteiger partial charge in [-0.15, -0.1) is 0 Å². The van der Waals surface area contributed by atoms with Gasteiger partial charge in [0.15, 0.2) is 11.5 Å². The van der Waals surface area contributed by atoms with Gasteiger partial charge in [0.2, 0.25) is 0 Å². The van der Waals surface area contributed by atoms with Crippen molar-refractivity contribution < 1.29 is 18.3 Å². The third-order valence-corrected chi connectivity index (χ3v) is 4.36. The number of benzene rings is 3. The van der Waals surface area contributed by atoms with E-state index in [1.165, 1.54) is 25.3 Å². The minimum absolute atomic E-state index is 0.00492. The lowest BCUT2D eigenvalue weighted by Crippen LogP contribution is -2.03. The molecule has 0 amide bonds. The highest BCUT2D eigenvalue weighted by molar-refractivity contribution is 6.31. The van der Waals surface area contributed by atoms with Gasteiger partial charge in [0, 0.05) is 17.8 Å². The fraction of sp³-hybridized carbons (Fsp3) is 0.143. The minimum Gasteiger partial charge on any atom is -0.493 e. The number of nitrogens with one attached hydrogen (secondary N) is 1. The number of rotatable bonds is 7. The molecule has 0 bridgehead atoms. The largest absolute Gasteiger partial charge is 0.493 e. The predicted octanol–water partition coefficient (Wildman–Crippen LogP) is 5.82. The molecule has 0 aliphatic heterocycles. The quantitative estimate of drug-likeness (QED) is 0.552. The van der Waals surface area contributed by atoms with Gasteiger partial charge in [-0.1, -0.05) is 23.7 Å². The zero-order chi connectivity index (χ0) is 19.2. The SMILES string of the molecule is COc1cc(CNc2ccc(F)cc2)ccc1OCc1c(F)cccc1Cl. The molecular weight excluding hydrogens is 372 g/mol. The van der Waals surface area contributed by atoms with Crippen molar-refractivity contribution in [3.05, 3.63) is 88.4 Å². The van der Waals surface area contributed by atoms with Crippen LogP contribution >= 0.6 is 11.6 Å². The number of hydrogen-bond donors (Lipinski definition) is 1. The van der Waals surface area contributed by atoms with Crippen molar-refractivity contribution in [3.63, 3.8) is 0 Å². The lowest BCUT2D eigenvalue weighted by molar-refractivity contribution is 0.279. The summed E-state index contributed by atoms with van der Waals surface area (Å²) >= 11 is 6.02. The Hall–Kier alpha value is -2.79. The van der Waals surface area contributed by atoms with E-state index < -0.39 is 5.82 Å². The van der Waals surface area contributed by atoms with E-state index in [1.807, 2.05) is 12.1 Å². The summed E-state index contributed by atoms with van der Waals surface area (Å²) in [5.74, 6) is 0.323. The van der Waals surface area contributed by atoms with Gasteiger partial charge in [-0.05, 0) is 54.1 Å². The summed E-state index contributed by atoms with van der Waals surface area (Å²) in [4.78, 5) is 0. The van der Waals surface area contributed by atoms with Crippen molar-refractivity contribution in [1.82, 2.24) is 0 Å². The maximum Gasteiger partial charge on any atom is 0.161 e. The molecule has 0 aliphatic rings. The molecule has 3 aromatic carbocycles. The summed E-state index contributed by atoms with van der Waals surface area (Å²) in [5.41, 5.74) is 2.06. The average Bonchev–Trinajstić information content (AvgIpc) is 2.67. The van der Waals surface area contributed by atoms with Gasteiger partial charge in [-0.25, -0.2) is 8.78 Å². The van der Waals surface area contributed by atoms with Gasteiger partial charge in [0.1, 0.15) is 18.2 Å². The van der Waals surface area contributed by atoms with Crippen molar-refractivity contribution in [3.8, 4) is 11.5 Å². The summed E-state index contributed by atoms with van der Waals surface area (Å²) in [7, 11) is 1.54. The highest BCUT2D eigenvalue weighted by Crippen LogP contribution is 2.30. The number of hydrogen-bond acceptors (Lipinski definition) is 3. The molecule has 0 heterocycles. The summed E-state index contributed by atoms with van der Waals surface area (Å²) in [6.45, 7) is 0.524. The molecule has 3 nitrogen and oxygen atoms in total. The van der Waals surface area contributed by atoms with Crippen LogP contribution in [0.25, 0.3) is 0 Å². The molecule has 1 N–H and O–H groups in total. The molecule has 0 saturated carbocycles. The van der Waals surface area contributed by atoms with E-state index in [0.717, 1.165) is 11.3 Å². The molecule has 0 saturated heterocycles. The number of ether oxygens (including phenoxy) is 2. The second-order valence-corrected chi connectivity index (χ2v) is 6.24. The van der Waals surface area contributed by atoms with Gasteiger partial charge < -0.3 is 14.8 Å². The maximum absolute atomic E-state index is 13.9. The van der Waals surface area contributed by atoms with Crippen LogP contribution in [-0.4, -0.2) is 7.11 Å². The standard InChI is InChI=1S/C21H18ClF2NO2/c1-26-21-11-14(12-25-16-8-6-15(23)7-9-16)5-10-20(21)27-13-17-18(22)3-2-4-19(17)24/h2-11,25H,12-13H2,1H3. The van der Waals surface area contributed by atoms with Gasteiger partial charge in [0.05, 0.1) is 12.1 Å². The van der Waals surface area contributed by atoms with Gasteiger partial charge >= 0.3 is 0 Å². The van der Waals surface area contributed by atoms with Crippen LogP contribution in [0.15, 0.2) is 60.7 Å². The van der Waals surface area contributed by atoms with Gasteiger partial charge in [-0.2, -0.15) is 0 Å². The van der Waals surface area contributed by atoms with Crippen LogP contribution in [-0.2, 0) is 13.2 Å². The lowest BCUT2D eigenvalue weighted by Gasteiger charge is -2.14. The second kappa shape index (κ2) is 8.73. The zero-order valence-corrected chi connectivity index (χ0v) is 15.4. The normalized spacial score (nSPS) is 10.5. The Labute approximate surface area is 161 Å². The highest BCUT2D eigenvalue weighted by Gasteiger charge is 2.11. The first-order valence-electron chi connectivity index (χ1n) is 8.29. The fourth-order valence-electron chi connectivity index (χ4n) is 2.53. The molecular formula is C21H18ClF2NO2. The van der Waals surface area contributed by atoms with E-state index in [-0.39, 0.29) is 12.4 Å². The van der Waals surface area contributed by atoms with E-state index in [1.54, 1.807) is 30.3 Å². The molecule has 27 heavy (non-hydrogen) atoms. The second-order valence-electron chi connectivity index (χ2n) is 5.83. The Balaban J connectivity index is 1.67. The lowest BCUT2D eigenvalue weighted by atomic mass is 10.2. The molecule has 0 radical (unpaired) electrons. The first kappa shape index (κ1) is 19.0. The van der Waals surface area contributed by atoms with Crippen LogP contribution in [0.3, 0.4) is 0 Å².